The molecule has 0 spiro atoms. The molecule has 0 amide bonds. The zero-order valence-electron chi connectivity index (χ0n) is 13.6. The van der Waals surface area contributed by atoms with Crippen molar-refractivity contribution in [3.05, 3.63) is 34.9 Å². The summed E-state index contributed by atoms with van der Waals surface area (Å²) < 4.78 is 0. The lowest BCUT2D eigenvalue weighted by Gasteiger charge is -2.25. The Balaban J connectivity index is 2.59. The molecule has 2 unspecified atom stereocenters. The second kappa shape index (κ2) is 8.40. The number of nitrogens with one attached hydrogen (secondary N) is 1. The van der Waals surface area contributed by atoms with Crippen LogP contribution in [0.3, 0.4) is 0 Å². The van der Waals surface area contributed by atoms with Crippen molar-refractivity contribution in [1.29, 1.82) is 0 Å². The summed E-state index contributed by atoms with van der Waals surface area (Å²) in [4.78, 5) is 2.18. The molecule has 3 nitrogen and oxygen atoms in total. The lowest BCUT2D eigenvalue weighted by molar-refractivity contribution is 0.125. The quantitative estimate of drug-likeness (QED) is 0.718. The Hall–Kier alpha value is -0.900. The maximum absolute atomic E-state index is 10.6. The molecule has 114 valence electrons. The van der Waals surface area contributed by atoms with Gasteiger partial charge in [0.1, 0.15) is 0 Å². The van der Waals surface area contributed by atoms with Crippen LogP contribution < -0.4 is 5.32 Å². The Labute approximate surface area is 124 Å². The molecule has 2 atom stereocenters. The summed E-state index contributed by atoms with van der Waals surface area (Å²) in [5.41, 5.74) is 3.46. The van der Waals surface area contributed by atoms with Crippen molar-refractivity contribution in [1.82, 2.24) is 10.2 Å². The van der Waals surface area contributed by atoms with E-state index in [9.17, 15) is 5.11 Å². The Morgan fingerprint density at radius 3 is 2.50 bits per heavy atom. The molecule has 0 aliphatic carbocycles. The highest BCUT2D eigenvalue weighted by atomic mass is 16.3. The van der Waals surface area contributed by atoms with Crippen LogP contribution in [-0.2, 0) is 0 Å². The van der Waals surface area contributed by atoms with Crippen molar-refractivity contribution >= 4 is 0 Å². The number of hydrogen-bond acceptors (Lipinski definition) is 3. The molecule has 1 rings (SSSR count). The average molecular weight is 278 g/mol. The third kappa shape index (κ3) is 5.23. The highest BCUT2D eigenvalue weighted by Crippen LogP contribution is 2.23. The molecule has 0 saturated carbocycles. The van der Waals surface area contributed by atoms with Gasteiger partial charge in [0, 0.05) is 6.04 Å². The van der Waals surface area contributed by atoms with E-state index in [2.05, 4.69) is 63.3 Å². The van der Waals surface area contributed by atoms with Gasteiger partial charge in [0.05, 0.1) is 6.10 Å². The van der Waals surface area contributed by atoms with Crippen LogP contribution in [0.1, 0.15) is 42.6 Å². The van der Waals surface area contributed by atoms with Crippen LogP contribution in [0.15, 0.2) is 18.2 Å². The third-order valence-electron chi connectivity index (χ3n) is 3.75. The minimum atomic E-state index is -0.431. The normalized spacial score (nSPS) is 14.6. The van der Waals surface area contributed by atoms with E-state index < -0.39 is 6.10 Å². The Bertz CT molecular complexity index is 404. The van der Waals surface area contributed by atoms with E-state index in [4.69, 9.17) is 0 Å². The molecule has 0 fully saturated rings. The van der Waals surface area contributed by atoms with Crippen LogP contribution in [0.2, 0.25) is 0 Å². The summed E-state index contributed by atoms with van der Waals surface area (Å²) in [6, 6.07) is 6.39. The van der Waals surface area contributed by atoms with Gasteiger partial charge in [0.25, 0.3) is 0 Å². The third-order valence-corrected chi connectivity index (χ3v) is 3.75. The van der Waals surface area contributed by atoms with Gasteiger partial charge in [-0.2, -0.15) is 0 Å². The first-order chi connectivity index (χ1) is 9.45. The average Bonchev–Trinajstić information content (AvgIpc) is 2.38. The lowest BCUT2D eigenvalue weighted by atomic mass is 9.95. The van der Waals surface area contributed by atoms with Gasteiger partial charge in [-0.25, -0.2) is 0 Å². The molecule has 1 aromatic rings. The van der Waals surface area contributed by atoms with Crippen molar-refractivity contribution in [2.24, 2.45) is 0 Å². The highest BCUT2D eigenvalue weighted by Gasteiger charge is 2.20. The van der Waals surface area contributed by atoms with E-state index in [1.807, 2.05) is 0 Å². The molecule has 0 radical (unpaired) electrons. The molecule has 2 N–H and O–H groups in total. The van der Waals surface area contributed by atoms with Crippen molar-refractivity contribution < 1.29 is 5.11 Å². The van der Waals surface area contributed by atoms with Crippen molar-refractivity contribution in [3.8, 4) is 0 Å². The number of hydrogen-bond donors (Lipinski definition) is 2. The number of aliphatic hydroxyl groups is 1. The van der Waals surface area contributed by atoms with E-state index >= 15 is 0 Å². The summed E-state index contributed by atoms with van der Waals surface area (Å²) in [6.45, 7) is 8.29. The summed E-state index contributed by atoms with van der Waals surface area (Å²) in [7, 11) is 4.17. The van der Waals surface area contributed by atoms with Crippen molar-refractivity contribution in [2.75, 3.05) is 27.2 Å². The molecular formula is C17H30N2O. The van der Waals surface area contributed by atoms with Gasteiger partial charge in [-0.1, -0.05) is 30.7 Å². The van der Waals surface area contributed by atoms with E-state index in [0.29, 0.717) is 0 Å². The predicted octanol–water partition coefficient (Wildman–Crippen LogP) is 2.66. The molecule has 0 heterocycles. The molecule has 0 bridgehead atoms. The predicted molar refractivity (Wildman–Crippen MR) is 86.1 cm³/mol. The molecule has 0 aliphatic rings. The van der Waals surface area contributed by atoms with Crippen LogP contribution in [0, 0.1) is 13.8 Å². The molecule has 0 saturated heterocycles. The number of aliphatic hydroxyl groups excluding tert-OH is 1. The van der Waals surface area contributed by atoms with Gasteiger partial charge in [0.2, 0.25) is 0 Å². The summed E-state index contributed by atoms with van der Waals surface area (Å²) in [6.07, 6.45) is 1.60. The first-order valence-electron chi connectivity index (χ1n) is 7.59. The number of nitrogens with zero attached hydrogens (tertiary/aromatic N) is 1. The first kappa shape index (κ1) is 17.2. The van der Waals surface area contributed by atoms with Crippen molar-refractivity contribution in [3.63, 3.8) is 0 Å². The van der Waals surface area contributed by atoms with Gasteiger partial charge in [-0.05, 0) is 65.0 Å². The van der Waals surface area contributed by atoms with Crippen molar-refractivity contribution in [2.45, 2.75) is 45.8 Å². The van der Waals surface area contributed by atoms with Crippen LogP contribution in [0.5, 0.6) is 0 Å². The Morgan fingerprint density at radius 2 is 1.95 bits per heavy atom. The smallest absolute Gasteiger partial charge is 0.0945 e. The van der Waals surface area contributed by atoms with Crippen LogP contribution in [-0.4, -0.2) is 43.2 Å². The molecular weight excluding hydrogens is 248 g/mol. The SMILES string of the molecule is CCC(NCCCN(C)C)C(O)c1ccc(C)cc1C. The second-order valence-electron chi connectivity index (χ2n) is 5.93. The summed E-state index contributed by atoms with van der Waals surface area (Å²) in [5.74, 6) is 0. The van der Waals surface area contributed by atoms with Gasteiger partial charge < -0.3 is 15.3 Å². The van der Waals surface area contributed by atoms with Gasteiger partial charge in [-0.3, -0.25) is 0 Å². The fourth-order valence-electron chi connectivity index (χ4n) is 2.54. The van der Waals surface area contributed by atoms with Gasteiger partial charge in [-0.15, -0.1) is 0 Å². The first-order valence-corrected chi connectivity index (χ1v) is 7.59. The van der Waals surface area contributed by atoms with Crippen LogP contribution in [0.4, 0.5) is 0 Å². The molecule has 3 heteroatoms. The monoisotopic (exact) mass is 278 g/mol. The lowest BCUT2D eigenvalue weighted by Crippen LogP contribution is -2.36. The zero-order chi connectivity index (χ0) is 15.1. The van der Waals surface area contributed by atoms with E-state index in [1.54, 1.807) is 0 Å². The largest absolute Gasteiger partial charge is 0.387 e. The number of benzene rings is 1. The number of rotatable bonds is 8. The fraction of sp³-hybridized carbons (Fsp3) is 0.647. The minimum Gasteiger partial charge on any atom is -0.387 e. The maximum atomic E-state index is 10.6. The van der Waals surface area contributed by atoms with E-state index in [0.717, 1.165) is 31.5 Å². The number of aryl methyl sites for hydroxylation is 2. The molecule has 0 aromatic heterocycles. The van der Waals surface area contributed by atoms with Gasteiger partial charge >= 0.3 is 0 Å². The molecule has 0 aliphatic heterocycles. The zero-order valence-corrected chi connectivity index (χ0v) is 13.6. The van der Waals surface area contributed by atoms with E-state index in [1.165, 1.54) is 11.1 Å². The van der Waals surface area contributed by atoms with Crippen LogP contribution >= 0.6 is 0 Å². The molecule has 1 aromatic carbocycles. The standard InChI is InChI=1S/C17H30N2O/c1-6-16(18-10-7-11-19(4)5)17(20)15-9-8-13(2)12-14(15)3/h8-9,12,16-18,20H,6-7,10-11H2,1-5H3. The van der Waals surface area contributed by atoms with Crippen LogP contribution in [0.25, 0.3) is 0 Å². The highest BCUT2D eigenvalue weighted by molar-refractivity contribution is 5.32. The Morgan fingerprint density at radius 1 is 1.25 bits per heavy atom. The van der Waals surface area contributed by atoms with Gasteiger partial charge in [0.15, 0.2) is 0 Å². The molecule has 20 heavy (non-hydrogen) atoms. The van der Waals surface area contributed by atoms with E-state index in [-0.39, 0.29) is 6.04 Å². The topological polar surface area (TPSA) is 35.5 Å². The fourth-order valence-corrected chi connectivity index (χ4v) is 2.54. The summed E-state index contributed by atoms with van der Waals surface area (Å²) in [5, 5.41) is 14.1. The Kier molecular flexibility index (Phi) is 7.20. The maximum Gasteiger partial charge on any atom is 0.0945 e. The second-order valence-corrected chi connectivity index (χ2v) is 5.93. The summed E-state index contributed by atoms with van der Waals surface area (Å²) >= 11 is 0. The minimum absolute atomic E-state index is 0.124.